The molecule has 2 aromatic heterocycles. The fourth-order valence-corrected chi connectivity index (χ4v) is 6.10. The molecular formula is C32H31N5O3S. The molecule has 0 fully saturated rings. The van der Waals surface area contributed by atoms with Gasteiger partial charge in [-0.1, -0.05) is 42.5 Å². The zero-order chi connectivity index (χ0) is 28.5. The van der Waals surface area contributed by atoms with Crippen molar-refractivity contribution >= 4 is 22.7 Å². The Labute approximate surface area is 242 Å². The van der Waals surface area contributed by atoms with Crippen molar-refractivity contribution in [3.05, 3.63) is 110 Å². The van der Waals surface area contributed by atoms with Gasteiger partial charge in [-0.05, 0) is 62.1 Å². The number of hydrogen-bond donors (Lipinski definition) is 0. The van der Waals surface area contributed by atoms with E-state index in [0.717, 1.165) is 53.2 Å². The second-order valence-electron chi connectivity index (χ2n) is 9.86. The normalized spacial score (nSPS) is 14.3. The van der Waals surface area contributed by atoms with Gasteiger partial charge in [-0.15, -0.1) is 11.3 Å². The number of methoxy groups -OCH3 is 2. The molecule has 0 spiro atoms. The van der Waals surface area contributed by atoms with E-state index in [4.69, 9.17) is 19.6 Å². The van der Waals surface area contributed by atoms with Crippen LogP contribution in [0.25, 0.3) is 16.9 Å². The van der Waals surface area contributed by atoms with E-state index in [2.05, 4.69) is 24.3 Å². The van der Waals surface area contributed by atoms with Crippen molar-refractivity contribution in [1.29, 1.82) is 0 Å². The van der Waals surface area contributed by atoms with Crippen LogP contribution in [0.3, 0.4) is 0 Å². The molecule has 208 valence electrons. The second kappa shape index (κ2) is 11.1. The van der Waals surface area contributed by atoms with Crippen LogP contribution in [0, 0.1) is 6.92 Å². The SMILES string of the molecule is COc1ccc(OC)c(-c2csc(=Nc3c(C)n(C)n(-c4ccccc4)c3=O)n2N=C2CCCc3ccccc32)c1. The van der Waals surface area contributed by atoms with E-state index in [-0.39, 0.29) is 5.56 Å². The third kappa shape index (κ3) is 4.82. The van der Waals surface area contributed by atoms with E-state index in [1.807, 2.05) is 77.2 Å². The van der Waals surface area contributed by atoms with Gasteiger partial charge < -0.3 is 9.47 Å². The summed E-state index contributed by atoms with van der Waals surface area (Å²) in [4.78, 5) is 19.3. The summed E-state index contributed by atoms with van der Waals surface area (Å²) in [5.41, 5.74) is 6.78. The van der Waals surface area contributed by atoms with Gasteiger partial charge in [0.1, 0.15) is 11.5 Å². The van der Waals surface area contributed by atoms with Gasteiger partial charge in [-0.2, -0.15) is 5.10 Å². The summed E-state index contributed by atoms with van der Waals surface area (Å²) in [6.45, 7) is 1.91. The lowest BCUT2D eigenvalue weighted by molar-refractivity contribution is 0.404. The molecule has 41 heavy (non-hydrogen) atoms. The average molecular weight is 566 g/mol. The fourth-order valence-electron chi connectivity index (χ4n) is 5.28. The highest BCUT2D eigenvalue weighted by Gasteiger charge is 2.20. The third-order valence-electron chi connectivity index (χ3n) is 7.51. The third-order valence-corrected chi connectivity index (χ3v) is 8.32. The molecule has 8 nitrogen and oxygen atoms in total. The Morgan fingerprint density at radius 3 is 2.46 bits per heavy atom. The summed E-state index contributed by atoms with van der Waals surface area (Å²) in [7, 11) is 5.16. The molecule has 6 rings (SSSR count). The highest BCUT2D eigenvalue weighted by Crippen LogP contribution is 2.34. The summed E-state index contributed by atoms with van der Waals surface area (Å²) < 4.78 is 16.6. The number of aryl methyl sites for hydroxylation is 1. The van der Waals surface area contributed by atoms with Gasteiger partial charge in [-0.3, -0.25) is 9.48 Å². The minimum atomic E-state index is -0.188. The standard InChI is InChI=1S/C32H31N5O3S/c1-21-30(31(38)37(35(21)2)23-13-6-5-7-14-23)33-32-36(34-27-16-10-12-22-11-8-9-15-25(22)27)28(20-41-32)26-19-24(39-3)17-18-29(26)40-4/h5-9,11,13-15,17-20H,10,12,16H2,1-4H3. The van der Waals surface area contributed by atoms with Gasteiger partial charge in [0.2, 0.25) is 4.80 Å². The first-order valence-corrected chi connectivity index (χ1v) is 14.4. The summed E-state index contributed by atoms with van der Waals surface area (Å²) in [5, 5.41) is 7.21. The van der Waals surface area contributed by atoms with Crippen molar-refractivity contribution in [2.45, 2.75) is 26.2 Å². The van der Waals surface area contributed by atoms with E-state index in [1.54, 1.807) is 18.9 Å². The summed E-state index contributed by atoms with van der Waals surface area (Å²) in [6, 6.07) is 23.7. The first kappa shape index (κ1) is 26.6. The van der Waals surface area contributed by atoms with Crippen molar-refractivity contribution in [2.24, 2.45) is 17.1 Å². The van der Waals surface area contributed by atoms with Gasteiger partial charge in [0, 0.05) is 23.6 Å². The van der Waals surface area contributed by atoms with Crippen LogP contribution in [-0.2, 0) is 13.5 Å². The van der Waals surface area contributed by atoms with Crippen molar-refractivity contribution in [2.75, 3.05) is 14.2 Å². The van der Waals surface area contributed by atoms with E-state index < -0.39 is 0 Å². The number of nitrogens with zero attached hydrogens (tertiary/aromatic N) is 5. The number of benzene rings is 3. The van der Waals surface area contributed by atoms with Crippen LogP contribution >= 0.6 is 11.3 Å². The molecule has 3 aromatic carbocycles. The number of ether oxygens (including phenoxy) is 2. The van der Waals surface area contributed by atoms with E-state index in [0.29, 0.717) is 22.0 Å². The smallest absolute Gasteiger partial charge is 0.297 e. The Bertz CT molecular complexity index is 1890. The molecule has 0 bridgehead atoms. The topological polar surface area (TPSA) is 75.0 Å². The van der Waals surface area contributed by atoms with Gasteiger partial charge in [0.25, 0.3) is 5.56 Å². The van der Waals surface area contributed by atoms with E-state index >= 15 is 0 Å². The van der Waals surface area contributed by atoms with Crippen LogP contribution in [0.15, 0.2) is 93.1 Å². The van der Waals surface area contributed by atoms with Crippen molar-refractivity contribution in [3.63, 3.8) is 0 Å². The molecular weight excluding hydrogens is 534 g/mol. The average Bonchev–Trinajstić information content (AvgIpc) is 3.50. The van der Waals surface area contributed by atoms with Gasteiger partial charge in [0.05, 0.1) is 37.0 Å². The van der Waals surface area contributed by atoms with Gasteiger partial charge >= 0.3 is 0 Å². The maximum Gasteiger partial charge on any atom is 0.297 e. The van der Waals surface area contributed by atoms with Crippen molar-refractivity contribution in [3.8, 4) is 28.4 Å². The molecule has 0 unspecified atom stereocenters. The number of fused-ring (bicyclic) bond motifs is 1. The highest BCUT2D eigenvalue weighted by molar-refractivity contribution is 7.07. The Hall–Kier alpha value is -4.63. The molecule has 0 N–H and O–H groups in total. The van der Waals surface area contributed by atoms with Gasteiger partial charge in [-0.25, -0.2) is 14.4 Å². The van der Waals surface area contributed by atoms with Gasteiger partial charge in [0.15, 0.2) is 5.69 Å². The van der Waals surface area contributed by atoms with E-state index in [1.165, 1.54) is 16.9 Å². The predicted octanol–water partition coefficient (Wildman–Crippen LogP) is 5.85. The molecule has 0 aliphatic heterocycles. The zero-order valence-electron chi connectivity index (χ0n) is 23.5. The molecule has 0 amide bonds. The lowest BCUT2D eigenvalue weighted by atomic mass is 9.90. The van der Waals surface area contributed by atoms with Crippen LogP contribution in [-0.4, -0.2) is 34.0 Å². The highest BCUT2D eigenvalue weighted by atomic mass is 32.1. The molecule has 0 saturated heterocycles. The maximum atomic E-state index is 13.7. The molecule has 0 atom stereocenters. The zero-order valence-corrected chi connectivity index (χ0v) is 24.3. The second-order valence-corrected chi connectivity index (χ2v) is 10.7. The lowest BCUT2D eigenvalue weighted by Crippen LogP contribution is -2.20. The Kier molecular flexibility index (Phi) is 7.19. The summed E-state index contributed by atoms with van der Waals surface area (Å²) in [5.74, 6) is 1.40. The van der Waals surface area contributed by atoms with Crippen LogP contribution in [0.2, 0.25) is 0 Å². The first-order valence-electron chi connectivity index (χ1n) is 13.5. The maximum absolute atomic E-state index is 13.7. The van der Waals surface area contributed by atoms with Crippen LogP contribution in [0.4, 0.5) is 5.69 Å². The number of hydrogen-bond acceptors (Lipinski definition) is 6. The largest absolute Gasteiger partial charge is 0.497 e. The first-order chi connectivity index (χ1) is 20.0. The monoisotopic (exact) mass is 565 g/mol. The molecule has 1 aliphatic carbocycles. The molecule has 0 radical (unpaired) electrons. The number of aromatic nitrogens is 3. The Balaban J connectivity index is 1.61. The van der Waals surface area contributed by atoms with Crippen molar-refractivity contribution < 1.29 is 9.47 Å². The predicted molar refractivity (Wildman–Crippen MR) is 163 cm³/mol. The van der Waals surface area contributed by atoms with Crippen LogP contribution < -0.4 is 19.8 Å². The fraction of sp³-hybridized carbons (Fsp3) is 0.219. The summed E-state index contributed by atoms with van der Waals surface area (Å²) >= 11 is 1.43. The van der Waals surface area contributed by atoms with Crippen LogP contribution in [0.5, 0.6) is 11.5 Å². The molecule has 1 aliphatic rings. The summed E-state index contributed by atoms with van der Waals surface area (Å²) in [6.07, 6.45) is 2.89. The minimum absolute atomic E-state index is 0.188. The Morgan fingerprint density at radius 2 is 1.68 bits per heavy atom. The molecule has 5 aromatic rings. The quantitative estimate of drug-likeness (QED) is 0.259. The minimum Gasteiger partial charge on any atom is -0.497 e. The molecule has 2 heterocycles. The van der Waals surface area contributed by atoms with E-state index in [9.17, 15) is 4.79 Å². The Morgan fingerprint density at radius 1 is 0.902 bits per heavy atom. The number of rotatable bonds is 6. The molecule has 0 saturated carbocycles. The van der Waals surface area contributed by atoms with Crippen LogP contribution in [0.1, 0.15) is 29.7 Å². The number of para-hydroxylation sites is 1. The lowest BCUT2D eigenvalue weighted by Gasteiger charge is -2.18. The number of thiazole rings is 1. The molecule has 9 heteroatoms. The van der Waals surface area contributed by atoms with Crippen molar-refractivity contribution in [1.82, 2.24) is 14.0 Å².